The Balaban J connectivity index is 1.51. The van der Waals surface area contributed by atoms with Crippen LogP contribution >= 0.6 is 0 Å². The number of nitrogens with two attached hydrogens (primary N) is 1. The fraction of sp³-hybridized carbons (Fsp3) is 0.208. The van der Waals surface area contributed by atoms with Crippen molar-refractivity contribution >= 4 is 23.3 Å². The van der Waals surface area contributed by atoms with Gasteiger partial charge in [-0.3, -0.25) is 9.59 Å². The highest BCUT2D eigenvalue weighted by Gasteiger charge is 2.23. The summed E-state index contributed by atoms with van der Waals surface area (Å²) in [5, 5.41) is 15.5. The first kappa shape index (κ1) is 23.3. The fourth-order valence-corrected chi connectivity index (χ4v) is 3.55. The van der Waals surface area contributed by atoms with E-state index in [1.54, 1.807) is 37.4 Å². The summed E-state index contributed by atoms with van der Waals surface area (Å²) in [6, 6.07) is 8.99. The van der Waals surface area contributed by atoms with Gasteiger partial charge in [-0.25, -0.2) is 13.8 Å². The molecule has 0 unspecified atom stereocenters. The van der Waals surface area contributed by atoms with Crippen molar-refractivity contribution in [3.8, 4) is 11.1 Å². The number of hydrogen-bond acceptors (Lipinski definition) is 6. The molecule has 8 nitrogen and oxygen atoms in total. The van der Waals surface area contributed by atoms with Crippen molar-refractivity contribution < 1.29 is 28.2 Å². The van der Waals surface area contributed by atoms with E-state index in [1.165, 1.54) is 0 Å². The van der Waals surface area contributed by atoms with Crippen molar-refractivity contribution in [2.75, 3.05) is 24.3 Å². The summed E-state index contributed by atoms with van der Waals surface area (Å²) in [7, 11) is 0. The molecule has 0 radical (unpaired) electrons. The summed E-state index contributed by atoms with van der Waals surface area (Å²) in [5.74, 6) is -2.87. The number of aromatic nitrogens is 1. The molecule has 1 saturated heterocycles. The molecule has 1 aliphatic rings. The van der Waals surface area contributed by atoms with E-state index in [2.05, 4.69) is 15.6 Å². The first-order chi connectivity index (χ1) is 16.2. The second-order valence-electron chi connectivity index (χ2n) is 7.99. The maximum atomic E-state index is 13.4. The molecule has 4 rings (SSSR count). The van der Waals surface area contributed by atoms with Crippen molar-refractivity contribution in [2.45, 2.75) is 19.1 Å². The fourth-order valence-electron chi connectivity index (χ4n) is 3.55. The number of carbonyl (C=O) groups excluding carboxylic acids is 2. The van der Waals surface area contributed by atoms with Crippen LogP contribution in [0.25, 0.3) is 11.1 Å². The van der Waals surface area contributed by atoms with Crippen molar-refractivity contribution in [1.29, 1.82) is 0 Å². The van der Waals surface area contributed by atoms with E-state index in [0.717, 1.165) is 23.3 Å². The number of benzene rings is 2. The number of nitrogens with one attached hydrogen (secondary N) is 2. The predicted molar refractivity (Wildman–Crippen MR) is 121 cm³/mol. The van der Waals surface area contributed by atoms with Crippen LogP contribution in [0.1, 0.15) is 27.6 Å². The zero-order chi connectivity index (χ0) is 24.4. The molecule has 0 saturated carbocycles. The number of aliphatic hydroxyl groups excluding tert-OH is 1. The summed E-state index contributed by atoms with van der Waals surface area (Å²) in [4.78, 5) is 29.1. The van der Waals surface area contributed by atoms with Crippen LogP contribution in [0.4, 0.5) is 20.3 Å². The molecule has 2 amide bonds. The van der Waals surface area contributed by atoms with E-state index in [9.17, 15) is 23.5 Å². The smallest absolute Gasteiger partial charge is 0.257 e. The number of hydrogen-bond donors (Lipinski definition) is 4. The van der Waals surface area contributed by atoms with Gasteiger partial charge >= 0.3 is 0 Å². The molecule has 34 heavy (non-hydrogen) atoms. The van der Waals surface area contributed by atoms with Gasteiger partial charge in [-0.15, -0.1) is 0 Å². The molecule has 1 aromatic heterocycles. The molecule has 3 aromatic rings. The Hall–Kier alpha value is -3.89. The summed E-state index contributed by atoms with van der Waals surface area (Å²) >= 11 is 0. The minimum Gasteiger partial charge on any atom is -0.383 e. The van der Waals surface area contributed by atoms with Crippen molar-refractivity contribution in [3.63, 3.8) is 0 Å². The van der Waals surface area contributed by atoms with Gasteiger partial charge in [0.2, 0.25) is 0 Å². The second-order valence-corrected chi connectivity index (χ2v) is 7.99. The molecular weight excluding hydrogens is 446 g/mol. The van der Waals surface area contributed by atoms with E-state index >= 15 is 0 Å². The zero-order valence-electron chi connectivity index (χ0n) is 18.1. The molecule has 0 aliphatic carbocycles. The molecular formula is C24H22F2N4O4. The normalized spacial score (nSPS) is 14.2. The number of rotatable bonds is 6. The highest BCUT2D eigenvalue weighted by Crippen LogP contribution is 2.28. The van der Waals surface area contributed by atoms with E-state index in [1.807, 2.05) is 0 Å². The number of nitrogen functional groups attached to an aromatic ring is 1. The number of ether oxygens (including phenoxy) is 1. The standard InChI is InChI=1S/C24H22F2N4O4/c1-12-4-17(29-24(33)21(31)13-5-15(25)8-16(26)6-13)2-3-19(12)14-7-20(22(27)28-9-14)23(32)30-18-10-34-11-18/h2-9,18,21,31H,10-11H2,1H3,(H2,27,28)(H,29,33)(H,30,32)/t21-/m0/s1. The molecule has 1 aliphatic heterocycles. The van der Waals surface area contributed by atoms with Crippen LogP contribution < -0.4 is 16.4 Å². The van der Waals surface area contributed by atoms with Crippen LogP contribution in [0.3, 0.4) is 0 Å². The van der Waals surface area contributed by atoms with Gasteiger partial charge in [0.25, 0.3) is 11.8 Å². The van der Waals surface area contributed by atoms with Gasteiger partial charge in [0, 0.05) is 23.5 Å². The quantitative estimate of drug-likeness (QED) is 0.441. The highest BCUT2D eigenvalue weighted by atomic mass is 19.1. The Kier molecular flexibility index (Phi) is 6.53. The molecule has 5 N–H and O–H groups in total. The molecule has 1 atom stereocenters. The van der Waals surface area contributed by atoms with Gasteiger partial charge in [-0.1, -0.05) is 6.07 Å². The molecule has 2 aromatic carbocycles. The third-order valence-corrected chi connectivity index (χ3v) is 5.39. The summed E-state index contributed by atoms with van der Waals surface area (Å²) in [6.45, 7) is 2.70. The maximum Gasteiger partial charge on any atom is 0.257 e. The van der Waals surface area contributed by atoms with Crippen LogP contribution in [0.5, 0.6) is 0 Å². The predicted octanol–water partition coefficient (Wildman–Crippen LogP) is 2.72. The van der Waals surface area contributed by atoms with Gasteiger partial charge in [-0.05, 0) is 53.9 Å². The highest BCUT2D eigenvalue weighted by molar-refractivity contribution is 6.00. The van der Waals surface area contributed by atoms with Crippen molar-refractivity contribution in [3.05, 3.63) is 77.0 Å². The molecule has 2 heterocycles. The number of halogens is 2. The number of pyridine rings is 1. The third-order valence-electron chi connectivity index (χ3n) is 5.39. The Morgan fingerprint density at radius 1 is 1.15 bits per heavy atom. The average Bonchev–Trinajstić information content (AvgIpc) is 2.75. The lowest BCUT2D eigenvalue weighted by molar-refractivity contribution is -0.124. The second kappa shape index (κ2) is 9.54. The van der Waals surface area contributed by atoms with Crippen LogP contribution in [0.2, 0.25) is 0 Å². The van der Waals surface area contributed by atoms with Gasteiger partial charge < -0.3 is 26.2 Å². The largest absolute Gasteiger partial charge is 0.383 e. The monoisotopic (exact) mass is 468 g/mol. The van der Waals surface area contributed by atoms with Crippen molar-refractivity contribution in [1.82, 2.24) is 10.3 Å². The van der Waals surface area contributed by atoms with Crippen LogP contribution in [0.15, 0.2) is 48.7 Å². The number of aliphatic hydroxyl groups is 1. The van der Waals surface area contributed by atoms with E-state index in [4.69, 9.17) is 10.5 Å². The van der Waals surface area contributed by atoms with Gasteiger partial charge in [0.15, 0.2) is 6.10 Å². The third kappa shape index (κ3) is 5.03. The van der Waals surface area contributed by atoms with Crippen molar-refractivity contribution in [2.24, 2.45) is 0 Å². The lowest BCUT2D eigenvalue weighted by atomic mass is 9.99. The topological polar surface area (TPSA) is 127 Å². The first-order valence-corrected chi connectivity index (χ1v) is 10.4. The molecule has 1 fully saturated rings. The first-order valence-electron chi connectivity index (χ1n) is 10.4. The maximum absolute atomic E-state index is 13.4. The Labute approximate surface area is 193 Å². The molecule has 10 heteroatoms. The molecule has 0 spiro atoms. The van der Waals surface area contributed by atoms with E-state index in [0.29, 0.717) is 30.5 Å². The lowest BCUT2D eigenvalue weighted by Gasteiger charge is -2.27. The number of carbonyl (C=O) groups is 2. The van der Waals surface area contributed by atoms with Gasteiger partial charge in [-0.2, -0.15) is 0 Å². The van der Waals surface area contributed by atoms with Gasteiger partial charge in [0.05, 0.1) is 24.8 Å². The SMILES string of the molecule is Cc1cc(NC(=O)[C@@H](O)c2cc(F)cc(F)c2)ccc1-c1cnc(N)c(C(=O)NC2COC2)c1. The van der Waals surface area contributed by atoms with E-state index < -0.39 is 23.6 Å². The zero-order valence-corrected chi connectivity index (χ0v) is 18.1. The average molecular weight is 468 g/mol. The van der Waals surface area contributed by atoms with Crippen LogP contribution in [0, 0.1) is 18.6 Å². The molecule has 176 valence electrons. The summed E-state index contributed by atoms with van der Waals surface area (Å²) in [6.07, 6.45) is -0.213. The van der Waals surface area contributed by atoms with Gasteiger partial charge in [0.1, 0.15) is 17.5 Å². The number of nitrogens with zero attached hydrogens (tertiary/aromatic N) is 1. The molecule has 0 bridgehead atoms. The Morgan fingerprint density at radius 3 is 2.47 bits per heavy atom. The summed E-state index contributed by atoms with van der Waals surface area (Å²) in [5.41, 5.74) is 8.45. The van der Waals surface area contributed by atoms with Crippen LogP contribution in [-0.4, -0.2) is 41.2 Å². The Bertz CT molecular complexity index is 1240. The Morgan fingerprint density at radius 2 is 1.85 bits per heavy atom. The minimum atomic E-state index is -1.76. The number of anilines is 2. The van der Waals surface area contributed by atoms with E-state index in [-0.39, 0.29) is 28.9 Å². The number of amides is 2. The van der Waals surface area contributed by atoms with Crippen LogP contribution in [-0.2, 0) is 9.53 Å². The summed E-state index contributed by atoms with van der Waals surface area (Å²) < 4.78 is 31.9. The minimum absolute atomic E-state index is 0.0561. The number of aryl methyl sites for hydroxylation is 1. The lowest BCUT2D eigenvalue weighted by Crippen LogP contribution is -2.48.